The zero-order valence-corrected chi connectivity index (χ0v) is 16.3. The Bertz CT molecular complexity index is 898. The van der Waals surface area contributed by atoms with E-state index in [9.17, 15) is 17.6 Å². The topological polar surface area (TPSA) is 75.7 Å². The molecule has 0 unspecified atom stereocenters. The summed E-state index contributed by atoms with van der Waals surface area (Å²) in [5, 5.41) is 2.62. The second kappa shape index (κ2) is 8.96. The molecule has 2 aromatic carbocycles. The minimum atomic E-state index is -3.86. The third-order valence-electron chi connectivity index (χ3n) is 3.90. The summed E-state index contributed by atoms with van der Waals surface area (Å²) in [6.45, 7) is 4.10. The summed E-state index contributed by atoms with van der Waals surface area (Å²) < 4.78 is 44.2. The first kappa shape index (κ1) is 20.9. The Labute approximate surface area is 159 Å². The number of nitrogens with zero attached hydrogens (tertiary/aromatic N) is 1. The van der Waals surface area contributed by atoms with Gasteiger partial charge in [-0.15, -0.1) is 0 Å². The van der Waals surface area contributed by atoms with Crippen LogP contribution in [0.2, 0.25) is 0 Å². The lowest BCUT2D eigenvalue weighted by molar-refractivity contribution is -0.121. The summed E-state index contributed by atoms with van der Waals surface area (Å²) >= 11 is 0. The lowest BCUT2D eigenvalue weighted by Crippen LogP contribution is -2.39. The minimum absolute atomic E-state index is 0.0719. The lowest BCUT2D eigenvalue weighted by atomic mass is 10.1. The summed E-state index contributed by atoms with van der Waals surface area (Å²) in [6.07, 6.45) is 0. The van der Waals surface area contributed by atoms with Crippen LogP contribution < -0.4 is 10.1 Å². The number of carbonyl (C=O) groups is 1. The molecule has 0 heterocycles. The summed E-state index contributed by atoms with van der Waals surface area (Å²) in [6, 6.07) is 10.3. The van der Waals surface area contributed by atoms with Gasteiger partial charge < -0.3 is 10.1 Å². The van der Waals surface area contributed by atoms with Gasteiger partial charge in [0, 0.05) is 7.05 Å². The maximum absolute atomic E-state index is 12.9. The molecule has 0 atom stereocenters. The first-order valence-electron chi connectivity index (χ1n) is 8.39. The number of rotatable bonds is 8. The smallest absolute Gasteiger partial charge is 0.243 e. The molecule has 146 valence electrons. The number of ether oxygens (including phenoxy) is 1. The van der Waals surface area contributed by atoms with Crippen molar-refractivity contribution in [2.45, 2.75) is 18.7 Å². The van der Waals surface area contributed by atoms with Gasteiger partial charge in [-0.25, -0.2) is 12.8 Å². The number of aryl methyl sites for hydroxylation is 2. The van der Waals surface area contributed by atoms with E-state index in [1.165, 1.54) is 7.05 Å². The zero-order valence-electron chi connectivity index (χ0n) is 15.5. The van der Waals surface area contributed by atoms with E-state index in [1.807, 2.05) is 32.0 Å². The van der Waals surface area contributed by atoms with Crippen LogP contribution in [0.4, 0.5) is 4.39 Å². The van der Waals surface area contributed by atoms with E-state index >= 15 is 0 Å². The van der Waals surface area contributed by atoms with Crippen LogP contribution in [-0.2, 0) is 14.8 Å². The normalized spacial score (nSPS) is 11.4. The molecule has 27 heavy (non-hydrogen) atoms. The van der Waals surface area contributed by atoms with Gasteiger partial charge in [-0.3, -0.25) is 4.79 Å². The Morgan fingerprint density at radius 1 is 1.15 bits per heavy atom. The lowest BCUT2D eigenvalue weighted by Gasteiger charge is -2.17. The molecule has 0 bridgehead atoms. The Morgan fingerprint density at radius 3 is 2.44 bits per heavy atom. The molecule has 8 heteroatoms. The van der Waals surface area contributed by atoms with Gasteiger partial charge in [0.1, 0.15) is 18.2 Å². The summed E-state index contributed by atoms with van der Waals surface area (Å²) in [4.78, 5) is 11.9. The van der Waals surface area contributed by atoms with Gasteiger partial charge in [0.05, 0.1) is 18.0 Å². The molecular formula is C19H23FN2O4S. The molecule has 0 aliphatic heterocycles. The van der Waals surface area contributed by atoms with E-state index in [0.717, 1.165) is 45.4 Å². The number of benzene rings is 2. The summed E-state index contributed by atoms with van der Waals surface area (Å²) in [5.74, 6) is -0.239. The van der Waals surface area contributed by atoms with Crippen molar-refractivity contribution in [2.24, 2.45) is 0 Å². The van der Waals surface area contributed by atoms with Crippen molar-refractivity contribution in [3.05, 3.63) is 59.4 Å². The number of halogens is 1. The predicted molar refractivity (Wildman–Crippen MR) is 101 cm³/mol. The number of carbonyl (C=O) groups excluding carboxylic acids is 1. The van der Waals surface area contributed by atoms with Crippen LogP contribution in [0.15, 0.2) is 47.4 Å². The summed E-state index contributed by atoms with van der Waals surface area (Å²) in [7, 11) is -2.56. The second-order valence-corrected chi connectivity index (χ2v) is 8.23. The average Bonchev–Trinajstić information content (AvgIpc) is 2.60. The number of likely N-dealkylation sites (N-methyl/N-ethyl adjacent to an activating group) is 1. The van der Waals surface area contributed by atoms with Gasteiger partial charge in [-0.05, 0) is 49.7 Å². The van der Waals surface area contributed by atoms with E-state index < -0.39 is 21.7 Å². The molecule has 0 aliphatic rings. The van der Waals surface area contributed by atoms with E-state index in [2.05, 4.69) is 5.32 Å². The molecular weight excluding hydrogens is 371 g/mol. The fraction of sp³-hybridized carbons (Fsp3) is 0.316. The number of sulfonamides is 1. The van der Waals surface area contributed by atoms with Gasteiger partial charge in [-0.1, -0.05) is 17.7 Å². The molecule has 6 nitrogen and oxygen atoms in total. The Balaban J connectivity index is 1.81. The Morgan fingerprint density at radius 2 is 1.81 bits per heavy atom. The van der Waals surface area contributed by atoms with E-state index in [1.54, 1.807) is 0 Å². The molecule has 0 saturated carbocycles. The van der Waals surface area contributed by atoms with Crippen molar-refractivity contribution in [2.75, 3.05) is 26.7 Å². The van der Waals surface area contributed by atoms with Crippen molar-refractivity contribution >= 4 is 15.9 Å². The van der Waals surface area contributed by atoms with Gasteiger partial charge in [0.25, 0.3) is 0 Å². The molecule has 2 aromatic rings. The highest BCUT2D eigenvalue weighted by atomic mass is 32.2. The van der Waals surface area contributed by atoms with Crippen molar-refractivity contribution in [1.82, 2.24) is 9.62 Å². The van der Waals surface area contributed by atoms with Gasteiger partial charge in [0.2, 0.25) is 15.9 Å². The highest BCUT2D eigenvalue weighted by Crippen LogP contribution is 2.18. The molecule has 0 spiro atoms. The average molecular weight is 394 g/mol. The molecule has 0 fully saturated rings. The zero-order chi connectivity index (χ0) is 20.0. The molecule has 1 N–H and O–H groups in total. The van der Waals surface area contributed by atoms with E-state index in [-0.39, 0.29) is 24.6 Å². The molecule has 2 rings (SSSR count). The van der Waals surface area contributed by atoms with Crippen molar-refractivity contribution in [3.63, 3.8) is 0 Å². The third kappa shape index (κ3) is 5.77. The molecule has 0 aromatic heterocycles. The fourth-order valence-corrected chi connectivity index (χ4v) is 3.57. The van der Waals surface area contributed by atoms with Crippen molar-refractivity contribution in [1.29, 1.82) is 0 Å². The number of amides is 1. The van der Waals surface area contributed by atoms with Gasteiger partial charge in [-0.2, -0.15) is 4.31 Å². The van der Waals surface area contributed by atoms with E-state index in [4.69, 9.17) is 4.74 Å². The van der Waals surface area contributed by atoms with Crippen LogP contribution >= 0.6 is 0 Å². The standard InChI is InChI=1S/C19H23FN2O4S/c1-14-4-9-18(15(2)12-14)26-11-10-21-19(23)13-22(3)27(24,25)17-7-5-16(20)6-8-17/h4-9,12H,10-11,13H2,1-3H3,(H,21,23). The largest absolute Gasteiger partial charge is 0.491 e. The summed E-state index contributed by atoms with van der Waals surface area (Å²) in [5.41, 5.74) is 2.14. The Kier molecular flexibility index (Phi) is 6.92. The maximum Gasteiger partial charge on any atom is 0.243 e. The highest BCUT2D eigenvalue weighted by Gasteiger charge is 2.22. The first-order chi connectivity index (χ1) is 12.7. The van der Waals surface area contributed by atoms with Crippen LogP contribution in [0.25, 0.3) is 0 Å². The van der Waals surface area contributed by atoms with Crippen LogP contribution in [0, 0.1) is 19.7 Å². The first-order valence-corrected chi connectivity index (χ1v) is 9.83. The van der Waals surface area contributed by atoms with E-state index in [0.29, 0.717) is 0 Å². The van der Waals surface area contributed by atoms with Crippen LogP contribution in [0.3, 0.4) is 0 Å². The molecule has 0 saturated heterocycles. The SMILES string of the molecule is Cc1ccc(OCCNC(=O)CN(C)S(=O)(=O)c2ccc(F)cc2)c(C)c1. The monoisotopic (exact) mass is 394 g/mol. The van der Waals surface area contributed by atoms with Crippen molar-refractivity contribution in [3.8, 4) is 5.75 Å². The quantitative estimate of drug-likeness (QED) is 0.697. The van der Waals surface area contributed by atoms with Gasteiger partial charge in [0.15, 0.2) is 0 Å². The fourth-order valence-electron chi connectivity index (χ4n) is 2.44. The number of nitrogens with one attached hydrogen (secondary N) is 1. The Hall–Kier alpha value is -2.45. The van der Waals surface area contributed by atoms with Crippen LogP contribution in [0.5, 0.6) is 5.75 Å². The van der Waals surface area contributed by atoms with Crippen molar-refractivity contribution < 1.29 is 22.3 Å². The second-order valence-electron chi connectivity index (χ2n) is 6.18. The molecule has 0 aliphatic carbocycles. The molecule has 0 radical (unpaired) electrons. The van der Waals surface area contributed by atoms with Crippen LogP contribution in [0.1, 0.15) is 11.1 Å². The predicted octanol–water partition coefficient (Wildman–Crippen LogP) is 2.26. The third-order valence-corrected chi connectivity index (χ3v) is 5.72. The maximum atomic E-state index is 12.9. The number of hydrogen-bond acceptors (Lipinski definition) is 4. The highest BCUT2D eigenvalue weighted by molar-refractivity contribution is 7.89. The van der Waals surface area contributed by atoms with Gasteiger partial charge >= 0.3 is 0 Å². The number of hydrogen-bond donors (Lipinski definition) is 1. The molecule has 1 amide bonds. The minimum Gasteiger partial charge on any atom is -0.491 e. The van der Waals surface area contributed by atoms with Crippen LogP contribution in [-0.4, -0.2) is 45.4 Å².